The summed E-state index contributed by atoms with van der Waals surface area (Å²) >= 11 is 0. The third-order valence-corrected chi connectivity index (χ3v) is 2.56. The lowest BCUT2D eigenvalue weighted by Crippen LogP contribution is -1.84. The van der Waals surface area contributed by atoms with Gasteiger partial charge in [-0.3, -0.25) is 5.41 Å². The van der Waals surface area contributed by atoms with Crippen LogP contribution in [0.25, 0.3) is 0 Å². The van der Waals surface area contributed by atoms with E-state index in [1.165, 1.54) is 20.7 Å². The van der Waals surface area contributed by atoms with Gasteiger partial charge >= 0.3 is 0 Å². The van der Waals surface area contributed by atoms with Crippen molar-refractivity contribution in [1.82, 2.24) is 0 Å². The first-order valence-electron chi connectivity index (χ1n) is 1.69. The number of anilines is 1. The van der Waals surface area contributed by atoms with E-state index in [1.807, 2.05) is 0 Å². The zero-order valence-electron chi connectivity index (χ0n) is 3.47. The molecule has 1 rings (SSSR count). The van der Waals surface area contributed by atoms with E-state index >= 15 is 0 Å². The smallest absolute Gasteiger partial charge is 0.120 e. The van der Waals surface area contributed by atoms with Crippen molar-refractivity contribution in [2.45, 2.75) is 0 Å². The van der Waals surface area contributed by atoms with Crippen LogP contribution >= 0.6 is 20.7 Å². The van der Waals surface area contributed by atoms with Gasteiger partial charge in [0.05, 0.1) is 5.00 Å². The molecule has 1 heterocycles. The highest BCUT2D eigenvalue weighted by molar-refractivity contribution is 7.70. The third kappa shape index (κ3) is 1.01. The molecule has 0 spiro atoms. The van der Waals surface area contributed by atoms with Crippen LogP contribution in [0.3, 0.4) is 0 Å². The monoisotopic (exact) mass is 132 g/mol. The first kappa shape index (κ1) is 4.80. The number of nitrogen functional groups attached to an aromatic ring is 1. The third-order valence-electron chi connectivity index (χ3n) is 0.501. The summed E-state index contributed by atoms with van der Waals surface area (Å²) in [5.74, 6) is 0. The minimum atomic E-state index is 0.544. The standard InChI is InChI=1S/C3H4N2S2/c4-2-1-3(5)7-6-2/h1,4H,5H2. The van der Waals surface area contributed by atoms with E-state index in [0.29, 0.717) is 4.67 Å². The first-order valence-corrected chi connectivity index (χ1v) is 3.84. The summed E-state index contributed by atoms with van der Waals surface area (Å²) in [6.45, 7) is 0. The Kier molecular flexibility index (Phi) is 1.12. The molecule has 3 N–H and O–H groups in total. The van der Waals surface area contributed by atoms with Crippen molar-refractivity contribution in [1.29, 1.82) is 5.41 Å². The largest absolute Gasteiger partial charge is 0.390 e. The molecule has 2 nitrogen and oxygen atoms in total. The second-order valence-electron chi connectivity index (χ2n) is 1.08. The molecule has 1 aromatic heterocycles. The predicted molar refractivity (Wildman–Crippen MR) is 32.5 cm³/mol. The Morgan fingerprint density at radius 3 is 2.43 bits per heavy atom. The molecule has 0 bridgehead atoms. The van der Waals surface area contributed by atoms with E-state index < -0.39 is 0 Å². The molecule has 4 heteroatoms. The highest BCUT2D eigenvalue weighted by atomic mass is 32.9. The Hall–Kier alpha value is -0.350. The molecule has 0 saturated heterocycles. The molecule has 0 unspecified atom stereocenters. The van der Waals surface area contributed by atoms with Crippen molar-refractivity contribution in [2.24, 2.45) is 0 Å². The lowest BCUT2D eigenvalue weighted by atomic mass is 10.7. The zero-order chi connectivity index (χ0) is 5.28. The Morgan fingerprint density at radius 2 is 2.29 bits per heavy atom. The van der Waals surface area contributed by atoms with Gasteiger partial charge in [-0.25, -0.2) is 0 Å². The number of hydrogen-bond donors (Lipinski definition) is 2. The van der Waals surface area contributed by atoms with Crippen LogP contribution in [0.15, 0.2) is 6.07 Å². The van der Waals surface area contributed by atoms with Gasteiger partial charge in [0.15, 0.2) is 0 Å². The van der Waals surface area contributed by atoms with Crippen molar-refractivity contribution in [3.05, 3.63) is 10.7 Å². The maximum Gasteiger partial charge on any atom is 0.120 e. The van der Waals surface area contributed by atoms with E-state index in [9.17, 15) is 0 Å². The Morgan fingerprint density at radius 1 is 1.57 bits per heavy atom. The van der Waals surface area contributed by atoms with Crippen molar-refractivity contribution in [3.63, 3.8) is 0 Å². The molecule has 0 radical (unpaired) electrons. The quantitative estimate of drug-likeness (QED) is 0.506. The molecule has 0 saturated carbocycles. The van der Waals surface area contributed by atoms with Crippen LogP contribution in [0.5, 0.6) is 0 Å². The lowest BCUT2D eigenvalue weighted by molar-refractivity contribution is 1.36. The van der Waals surface area contributed by atoms with Crippen molar-refractivity contribution in [3.8, 4) is 0 Å². The minimum absolute atomic E-state index is 0.544. The van der Waals surface area contributed by atoms with Crippen molar-refractivity contribution in [2.75, 3.05) is 5.73 Å². The average molecular weight is 132 g/mol. The van der Waals surface area contributed by atoms with Gasteiger partial charge < -0.3 is 5.73 Å². The van der Waals surface area contributed by atoms with E-state index in [2.05, 4.69) is 0 Å². The highest BCUT2D eigenvalue weighted by Gasteiger charge is 1.83. The summed E-state index contributed by atoms with van der Waals surface area (Å²) in [7, 11) is 2.82. The van der Waals surface area contributed by atoms with Gasteiger partial charge in [-0.1, -0.05) is 20.7 Å². The van der Waals surface area contributed by atoms with E-state index in [0.717, 1.165) is 5.00 Å². The van der Waals surface area contributed by atoms with Crippen LogP contribution in [0, 0.1) is 5.41 Å². The average Bonchev–Trinajstić information content (AvgIpc) is 1.87. The zero-order valence-corrected chi connectivity index (χ0v) is 5.10. The van der Waals surface area contributed by atoms with Gasteiger partial charge in [0, 0.05) is 6.07 Å². The summed E-state index contributed by atoms with van der Waals surface area (Å²) < 4.78 is 0.544. The number of nitrogens with one attached hydrogen (secondary N) is 1. The molecule has 0 aliphatic heterocycles. The first-order chi connectivity index (χ1) is 3.29. The molecule has 0 fully saturated rings. The maximum absolute atomic E-state index is 6.96. The topological polar surface area (TPSA) is 49.9 Å². The predicted octanol–water partition coefficient (Wildman–Crippen LogP) is 0.871. The van der Waals surface area contributed by atoms with Crippen molar-refractivity contribution >= 4 is 25.7 Å². The summed E-state index contributed by atoms with van der Waals surface area (Å²) in [6, 6.07) is 1.65. The number of nitrogens with two attached hydrogens (primary N) is 1. The summed E-state index contributed by atoms with van der Waals surface area (Å²) in [5.41, 5.74) is 5.29. The molecule has 1 aromatic rings. The fraction of sp³-hybridized carbons (Fsp3) is 0. The molecule has 38 valence electrons. The fourth-order valence-electron chi connectivity index (χ4n) is 0.270. The van der Waals surface area contributed by atoms with Crippen LogP contribution in [0.2, 0.25) is 0 Å². The van der Waals surface area contributed by atoms with Gasteiger partial charge in [0.25, 0.3) is 0 Å². The van der Waals surface area contributed by atoms with Gasteiger partial charge in [0.2, 0.25) is 0 Å². The molecule has 0 aromatic carbocycles. The summed E-state index contributed by atoms with van der Waals surface area (Å²) in [5, 5.41) is 7.70. The second-order valence-corrected chi connectivity index (χ2v) is 3.32. The van der Waals surface area contributed by atoms with Gasteiger partial charge in [-0.15, -0.1) is 0 Å². The minimum Gasteiger partial charge on any atom is -0.390 e. The lowest BCUT2D eigenvalue weighted by Gasteiger charge is -1.67. The van der Waals surface area contributed by atoms with Gasteiger partial charge in [-0.05, 0) is 0 Å². The van der Waals surface area contributed by atoms with Gasteiger partial charge in [-0.2, -0.15) is 0 Å². The van der Waals surface area contributed by atoms with Crippen LogP contribution < -0.4 is 10.4 Å². The Labute approximate surface area is 48.1 Å². The molecule has 0 atom stereocenters. The van der Waals surface area contributed by atoms with E-state index in [-0.39, 0.29) is 0 Å². The summed E-state index contributed by atoms with van der Waals surface area (Å²) in [4.78, 5) is 0. The molecular formula is C3H4N2S2. The van der Waals surface area contributed by atoms with Gasteiger partial charge in [0.1, 0.15) is 4.67 Å². The fourth-order valence-corrected chi connectivity index (χ4v) is 1.72. The molecule has 7 heavy (non-hydrogen) atoms. The van der Waals surface area contributed by atoms with E-state index in [4.69, 9.17) is 11.1 Å². The van der Waals surface area contributed by atoms with Crippen LogP contribution in [-0.2, 0) is 0 Å². The van der Waals surface area contributed by atoms with Crippen LogP contribution in [0.4, 0.5) is 5.00 Å². The maximum atomic E-state index is 6.96. The molecule has 0 aliphatic rings. The molecular weight excluding hydrogens is 128 g/mol. The van der Waals surface area contributed by atoms with Crippen LogP contribution in [0.1, 0.15) is 0 Å². The number of hydrogen-bond acceptors (Lipinski definition) is 4. The van der Waals surface area contributed by atoms with E-state index in [1.54, 1.807) is 6.07 Å². The highest BCUT2D eigenvalue weighted by Crippen LogP contribution is 2.09. The van der Waals surface area contributed by atoms with Crippen LogP contribution in [-0.4, -0.2) is 0 Å². The molecule has 0 aliphatic carbocycles. The second kappa shape index (κ2) is 1.63. The molecule has 0 amide bonds. The normalized spacial score (nSPS) is 9.14. The Balaban J connectivity index is 3.30. The Bertz CT molecular complexity index is 199. The van der Waals surface area contributed by atoms with Crippen molar-refractivity contribution < 1.29 is 0 Å². The SMILES string of the molecule is N=c1cc(N)ss1. The number of rotatable bonds is 0. The summed E-state index contributed by atoms with van der Waals surface area (Å²) in [6.07, 6.45) is 0.